The largest absolute Gasteiger partial charge is 0.367 e. The smallest absolute Gasteiger partial charge is 0.121 e. The van der Waals surface area contributed by atoms with E-state index in [0.29, 0.717) is 0 Å². The van der Waals surface area contributed by atoms with E-state index in [1.54, 1.807) is 0 Å². The van der Waals surface area contributed by atoms with Gasteiger partial charge in [-0.1, -0.05) is 0 Å². The standard InChI is InChI=1S/C10H14N4/c1-7-10(8-3-4-12-5-8)14-9(13-7)6-11-2/h3-5,11-12H,6H2,1-2H3,(H,13,14). The van der Waals surface area contributed by atoms with Gasteiger partial charge < -0.3 is 15.3 Å². The third-order valence-corrected chi connectivity index (χ3v) is 2.15. The molecule has 0 aliphatic carbocycles. The van der Waals surface area contributed by atoms with Gasteiger partial charge in [0.05, 0.1) is 12.2 Å². The monoisotopic (exact) mass is 190 g/mol. The van der Waals surface area contributed by atoms with Gasteiger partial charge in [0.1, 0.15) is 5.82 Å². The second-order valence-electron chi connectivity index (χ2n) is 3.29. The average Bonchev–Trinajstić information content (AvgIpc) is 2.74. The molecule has 0 aliphatic rings. The average molecular weight is 190 g/mol. The lowest BCUT2D eigenvalue weighted by molar-refractivity contribution is 0.770. The van der Waals surface area contributed by atoms with Crippen LogP contribution in [0, 0.1) is 6.92 Å². The lowest BCUT2D eigenvalue weighted by Gasteiger charge is -1.91. The zero-order valence-electron chi connectivity index (χ0n) is 8.39. The van der Waals surface area contributed by atoms with Crippen molar-refractivity contribution in [3.8, 4) is 11.3 Å². The van der Waals surface area contributed by atoms with Crippen molar-refractivity contribution in [2.24, 2.45) is 0 Å². The number of H-pyrrole nitrogens is 2. The fourth-order valence-electron chi connectivity index (χ4n) is 1.53. The molecule has 0 saturated heterocycles. The first-order valence-corrected chi connectivity index (χ1v) is 4.64. The number of nitrogens with zero attached hydrogens (tertiary/aromatic N) is 1. The van der Waals surface area contributed by atoms with E-state index in [9.17, 15) is 0 Å². The minimum Gasteiger partial charge on any atom is -0.367 e. The summed E-state index contributed by atoms with van der Waals surface area (Å²) in [4.78, 5) is 10.8. The van der Waals surface area contributed by atoms with Gasteiger partial charge in [0.2, 0.25) is 0 Å². The molecule has 0 spiro atoms. The van der Waals surface area contributed by atoms with Gasteiger partial charge >= 0.3 is 0 Å². The van der Waals surface area contributed by atoms with Crippen molar-refractivity contribution in [1.82, 2.24) is 20.3 Å². The highest BCUT2D eigenvalue weighted by molar-refractivity contribution is 5.60. The Balaban J connectivity index is 2.35. The molecule has 0 amide bonds. The number of aryl methyl sites for hydroxylation is 1. The van der Waals surface area contributed by atoms with Gasteiger partial charge in [0, 0.05) is 23.7 Å². The Morgan fingerprint density at radius 1 is 1.50 bits per heavy atom. The molecule has 74 valence electrons. The van der Waals surface area contributed by atoms with Crippen LogP contribution in [0.3, 0.4) is 0 Å². The Morgan fingerprint density at radius 3 is 3.00 bits per heavy atom. The van der Waals surface area contributed by atoms with E-state index < -0.39 is 0 Å². The van der Waals surface area contributed by atoms with Gasteiger partial charge in [-0.05, 0) is 20.0 Å². The summed E-state index contributed by atoms with van der Waals surface area (Å²) in [7, 11) is 1.91. The first-order chi connectivity index (χ1) is 6.81. The third kappa shape index (κ3) is 1.56. The summed E-state index contributed by atoms with van der Waals surface area (Å²) in [5, 5.41) is 3.07. The zero-order valence-corrected chi connectivity index (χ0v) is 8.39. The van der Waals surface area contributed by atoms with Crippen molar-refractivity contribution >= 4 is 0 Å². The van der Waals surface area contributed by atoms with Crippen LogP contribution in [0.4, 0.5) is 0 Å². The van der Waals surface area contributed by atoms with Crippen LogP contribution in [0.15, 0.2) is 18.5 Å². The summed E-state index contributed by atoms with van der Waals surface area (Å²) < 4.78 is 0. The quantitative estimate of drug-likeness (QED) is 0.685. The number of nitrogens with one attached hydrogen (secondary N) is 3. The molecule has 0 atom stereocenters. The van der Waals surface area contributed by atoms with E-state index in [1.165, 1.54) is 0 Å². The molecule has 0 radical (unpaired) electrons. The van der Waals surface area contributed by atoms with Gasteiger partial charge in [0.25, 0.3) is 0 Å². The molecule has 3 N–H and O–H groups in total. The lowest BCUT2D eigenvalue weighted by atomic mass is 10.2. The molecule has 0 saturated carbocycles. The van der Waals surface area contributed by atoms with Gasteiger partial charge in [0.15, 0.2) is 0 Å². The molecule has 2 aromatic rings. The number of imidazole rings is 1. The topological polar surface area (TPSA) is 56.5 Å². The molecule has 14 heavy (non-hydrogen) atoms. The fraction of sp³-hybridized carbons (Fsp3) is 0.300. The fourth-order valence-corrected chi connectivity index (χ4v) is 1.53. The molecule has 0 unspecified atom stereocenters. The normalized spacial score (nSPS) is 10.7. The Bertz CT molecular complexity index is 400. The number of aromatic nitrogens is 3. The minimum absolute atomic E-state index is 0.769. The molecule has 0 fully saturated rings. The molecule has 0 aromatic carbocycles. The van der Waals surface area contributed by atoms with E-state index in [2.05, 4.69) is 20.3 Å². The summed E-state index contributed by atoms with van der Waals surface area (Å²) in [6, 6.07) is 2.02. The highest BCUT2D eigenvalue weighted by Crippen LogP contribution is 2.19. The summed E-state index contributed by atoms with van der Waals surface area (Å²) in [5.41, 5.74) is 3.26. The molecule has 0 aliphatic heterocycles. The molecule has 2 heterocycles. The zero-order chi connectivity index (χ0) is 9.97. The van der Waals surface area contributed by atoms with Crippen LogP contribution in [0.25, 0.3) is 11.3 Å². The van der Waals surface area contributed by atoms with E-state index >= 15 is 0 Å². The summed E-state index contributed by atoms with van der Waals surface area (Å²) in [5.74, 6) is 0.973. The maximum absolute atomic E-state index is 4.50. The van der Waals surface area contributed by atoms with Crippen molar-refractivity contribution < 1.29 is 0 Å². The molecule has 4 nitrogen and oxygen atoms in total. The Hall–Kier alpha value is -1.55. The predicted octanol–water partition coefficient (Wildman–Crippen LogP) is 1.43. The Kier molecular flexibility index (Phi) is 2.37. The summed E-state index contributed by atoms with van der Waals surface area (Å²) in [6.45, 7) is 2.81. The van der Waals surface area contributed by atoms with Gasteiger partial charge in [-0.15, -0.1) is 0 Å². The van der Waals surface area contributed by atoms with E-state index in [0.717, 1.165) is 29.3 Å². The summed E-state index contributed by atoms with van der Waals surface area (Å²) in [6.07, 6.45) is 3.85. The maximum Gasteiger partial charge on any atom is 0.121 e. The highest BCUT2D eigenvalue weighted by Gasteiger charge is 2.07. The molecular formula is C10H14N4. The molecule has 2 aromatic heterocycles. The molecule has 0 bridgehead atoms. The third-order valence-electron chi connectivity index (χ3n) is 2.15. The van der Waals surface area contributed by atoms with Crippen LogP contribution < -0.4 is 5.32 Å². The van der Waals surface area contributed by atoms with Crippen LogP contribution in [0.5, 0.6) is 0 Å². The number of hydrogen-bond acceptors (Lipinski definition) is 2. The van der Waals surface area contributed by atoms with E-state index in [1.807, 2.05) is 32.4 Å². The van der Waals surface area contributed by atoms with Crippen LogP contribution in [0.1, 0.15) is 11.5 Å². The maximum atomic E-state index is 4.50. The van der Waals surface area contributed by atoms with Crippen molar-refractivity contribution in [3.05, 3.63) is 30.0 Å². The number of aromatic amines is 2. The minimum atomic E-state index is 0.769. The molecule has 2 rings (SSSR count). The number of hydrogen-bond donors (Lipinski definition) is 3. The second-order valence-corrected chi connectivity index (χ2v) is 3.29. The van der Waals surface area contributed by atoms with Crippen molar-refractivity contribution in [3.63, 3.8) is 0 Å². The Morgan fingerprint density at radius 2 is 2.36 bits per heavy atom. The molecular weight excluding hydrogens is 176 g/mol. The van der Waals surface area contributed by atoms with Crippen LogP contribution in [-0.2, 0) is 6.54 Å². The first-order valence-electron chi connectivity index (χ1n) is 4.64. The van der Waals surface area contributed by atoms with Gasteiger partial charge in [-0.2, -0.15) is 0 Å². The van der Waals surface area contributed by atoms with Gasteiger partial charge in [-0.25, -0.2) is 4.98 Å². The first kappa shape index (κ1) is 9.02. The van der Waals surface area contributed by atoms with Crippen LogP contribution in [0.2, 0.25) is 0 Å². The van der Waals surface area contributed by atoms with E-state index in [4.69, 9.17) is 0 Å². The number of rotatable bonds is 3. The van der Waals surface area contributed by atoms with Crippen LogP contribution >= 0.6 is 0 Å². The predicted molar refractivity (Wildman–Crippen MR) is 55.9 cm³/mol. The highest BCUT2D eigenvalue weighted by atomic mass is 15.0. The lowest BCUT2D eigenvalue weighted by Crippen LogP contribution is -2.06. The van der Waals surface area contributed by atoms with Crippen molar-refractivity contribution in [2.75, 3.05) is 7.05 Å². The van der Waals surface area contributed by atoms with Gasteiger partial charge in [-0.3, -0.25) is 0 Å². The summed E-state index contributed by atoms with van der Waals surface area (Å²) >= 11 is 0. The molecule has 4 heteroatoms. The van der Waals surface area contributed by atoms with Crippen molar-refractivity contribution in [2.45, 2.75) is 13.5 Å². The van der Waals surface area contributed by atoms with Crippen molar-refractivity contribution in [1.29, 1.82) is 0 Å². The van der Waals surface area contributed by atoms with Crippen LogP contribution in [-0.4, -0.2) is 22.0 Å². The second kappa shape index (κ2) is 3.67. The Labute approximate surface area is 82.8 Å². The van der Waals surface area contributed by atoms with E-state index in [-0.39, 0.29) is 0 Å². The SMILES string of the molecule is CNCc1nc(-c2cc[nH]c2)c(C)[nH]1.